The standard InChI is InChI=1S/C38H74O11/c1-2-3-4-5-6-7-8-9-10-11-12-13-14-15-16-19-22-42-23-24-43-25-26-44-27-28-45-29-30-46-31-32-47-33-34-48-35-36-49-38(41)21-18-17-20-37(39)40/h2-36H2,1H3,(H,39,40). The van der Waals surface area contributed by atoms with Crippen LogP contribution in [0.4, 0.5) is 0 Å². The highest BCUT2D eigenvalue weighted by Crippen LogP contribution is 2.13. The van der Waals surface area contributed by atoms with Gasteiger partial charge in [-0.15, -0.1) is 0 Å². The van der Waals surface area contributed by atoms with Crippen LogP contribution in [-0.4, -0.2) is 116 Å². The SMILES string of the molecule is CCCCCCCCCCCCCCCCCCOCCOCCOCCOCCOCCOCCOCCOC(=O)CCCCC(=O)O. The van der Waals surface area contributed by atoms with Gasteiger partial charge in [-0.1, -0.05) is 103 Å². The summed E-state index contributed by atoms with van der Waals surface area (Å²) in [7, 11) is 0. The third kappa shape index (κ3) is 44.6. The number of carbonyl (C=O) groups is 2. The fourth-order valence-electron chi connectivity index (χ4n) is 5.01. The molecule has 0 aromatic heterocycles. The lowest BCUT2D eigenvalue weighted by Gasteiger charge is -2.09. The maximum absolute atomic E-state index is 11.5. The molecule has 292 valence electrons. The van der Waals surface area contributed by atoms with E-state index in [-0.39, 0.29) is 25.4 Å². The molecule has 0 saturated heterocycles. The van der Waals surface area contributed by atoms with Gasteiger partial charge in [-0.3, -0.25) is 9.59 Å². The minimum Gasteiger partial charge on any atom is -0.481 e. The van der Waals surface area contributed by atoms with Crippen molar-refractivity contribution < 1.29 is 52.6 Å². The molecule has 0 radical (unpaired) electrons. The molecule has 0 saturated carbocycles. The number of ether oxygens (including phenoxy) is 8. The Morgan fingerprint density at radius 2 is 0.633 bits per heavy atom. The molecule has 49 heavy (non-hydrogen) atoms. The van der Waals surface area contributed by atoms with Crippen molar-refractivity contribution in [3.05, 3.63) is 0 Å². The van der Waals surface area contributed by atoms with Crippen LogP contribution in [0.1, 0.15) is 135 Å². The summed E-state index contributed by atoms with van der Waals surface area (Å²) < 4.78 is 43.5. The molecule has 0 aliphatic rings. The van der Waals surface area contributed by atoms with E-state index in [1.54, 1.807) is 0 Å². The van der Waals surface area contributed by atoms with Crippen LogP contribution in [0, 0.1) is 0 Å². The number of esters is 1. The Morgan fingerprint density at radius 3 is 0.980 bits per heavy atom. The molecule has 0 heterocycles. The molecule has 0 aliphatic carbocycles. The van der Waals surface area contributed by atoms with Crippen molar-refractivity contribution in [3.63, 3.8) is 0 Å². The topological polar surface area (TPSA) is 128 Å². The van der Waals surface area contributed by atoms with Crippen molar-refractivity contribution in [1.29, 1.82) is 0 Å². The Bertz CT molecular complexity index is 666. The highest BCUT2D eigenvalue weighted by atomic mass is 16.6. The molecule has 0 aromatic carbocycles. The Labute approximate surface area is 298 Å². The average molecular weight is 707 g/mol. The number of carboxylic acid groups (broad SMARTS) is 1. The lowest BCUT2D eigenvalue weighted by molar-refractivity contribution is -0.146. The molecule has 0 unspecified atom stereocenters. The second kappa shape index (κ2) is 42.8. The average Bonchev–Trinajstić information content (AvgIpc) is 3.09. The molecule has 0 rings (SSSR count). The van der Waals surface area contributed by atoms with Crippen LogP contribution in [0.2, 0.25) is 0 Å². The van der Waals surface area contributed by atoms with Crippen LogP contribution in [0.15, 0.2) is 0 Å². The molecule has 0 spiro atoms. The van der Waals surface area contributed by atoms with E-state index in [1.165, 1.54) is 96.3 Å². The first-order valence-electron chi connectivity index (χ1n) is 19.6. The third-order valence-electron chi connectivity index (χ3n) is 7.89. The van der Waals surface area contributed by atoms with Gasteiger partial charge < -0.3 is 43.0 Å². The number of aliphatic carboxylic acids is 1. The quantitative estimate of drug-likeness (QED) is 0.0499. The Morgan fingerprint density at radius 1 is 0.347 bits per heavy atom. The predicted molar refractivity (Wildman–Crippen MR) is 192 cm³/mol. The fourth-order valence-corrected chi connectivity index (χ4v) is 5.01. The summed E-state index contributed by atoms with van der Waals surface area (Å²) >= 11 is 0. The van der Waals surface area contributed by atoms with Crippen molar-refractivity contribution in [2.75, 3.05) is 99.1 Å². The predicted octanol–water partition coefficient (Wildman–Crippen LogP) is 7.55. The zero-order valence-corrected chi connectivity index (χ0v) is 31.3. The second-order valence-electron chi connectivity index (χ2n) is 12.4. The summed E-state index contributed by atoms with van der Waals surface area (Å²) in [5, 5.41) is 8.56. The summed E-state index contributed by atoms with van der Waals surface area (Å²) in [5.41, 5.74) is 0. The second-order valence-corrected chi connectivity index (χ2v) is 12.4. The van der Waals surface area contributed by atoms with Crippen LogP contribution < -0.4 is 0 Å². The molecular formula is C38H74O11. The number of unbranched alkanes of at least 4 members (excludes halogenated alkanes) is 16. The number of hydrogen-bond donors (Lipinski definition) is 1. The van der Waals surface area contributed by atoms with Gasteiger partial charge in [0.15, 0.2) is 0 Å². The monoisotopic (exact) mass is 707 g/mol. The molecule has 0 aliphatic heterocycles. The normalized spacial score (nSPS) is 11.4. The molecule has 11 nitrogen and oxygen atoms in total. The first kappa shape index (κ1) is 47.7. The summed E-state index contributed by atoms with van der Waals surface area (Å²) in [6.45, 7) is 9.70. The molecule has 0 amide bonds. The van der Waals surface area contributed by atoms with Crippen molar-refractivity contribution in [2.24, 2.45) is 0 Å². The molecular weight excluding hydrogens is 632 g/mol. The van der Waals surface area contributed by atoms with E-state index in [2.05, 4.69) is 6.92 Å². The highest BCUT2D eigenvalue weighted by molar-refractivity contribution is 5.69. The van der Waals surface area contributed by atoms with Gasteiger partial charge in [0.05, 0.1) is 85.9 Å². The van der Waals surface area contributed by atoms with E-state index >= 15 is 0 Å². The molecule has 1 N–H and O–H groups in total. The number of rotatable bonds is 43. The fraction of sp³-hybridized carbons (Fsp3) is 0.947. The molecule has 0 bridgehead atoms. The number of hydrogen-bond acceptors (Lipinski definition) is 10. The molecule has 11 heteroatoms. The van der Waals surface area contributed by atoms with Crippen molar-refractivity contribution in [2.45, 2.75) is 135 Å². The number of carboxylic acids is 1. The van der Waals surface area contributed by atoms with Gasteiger partial charge in [0.1, 0.15) is 6.61 Å². The minimum atomic E-state index is -0.856. The zero-order chi connectivity index (χ0) is 35.6. The Kier molecular flexibility index (Phi) is 41.7. The maximum atomic E-state index is 11.5. The maximum Gasteiger partial charge on any atom is 0.305 e. The first-order valence-corrected chi connectivity index (χ1v) is 19.6. The van der Waals surface area contributed by atoms with Gasteiger partial charge >= 0.3 is 11.9 Å². The van der Waals surface area contributed by atoms with E-state index in [4.69, 9.17) is 43.0 Å². The highest BCUT2D eigenvalue weighted by Gasteiger charge is 2.04. The van der Waals surface area contributed by atoms with Crippen LogP contribution in [0.25, 0.3) is 0 Å². The van der Waals surface area contributed by atoms with Gasteiger partial charge in [0, 0.05) is 19.4 Å². The van der Waals surface area contributed by atoms with Crippen molar-refractivity contribution in [1.82, 2.24) is 0 Å². The van der Waals surface area contributed by atoms with E-state index in [1.807, 2.05) is 0 Å². The summed E-state index contributed by atoms with van der Waals surface area (Å²) in [6, 6.07) is 0. The first-order chi connectivity index (χ1) is 24.2. The Hall–Kier alpha value is -1.34. The van der Waals surface area contributed by atoms with Crippen LogP contribution >= 0.6 is 0 Å². The van der Waals surface area contributed by atoms with E-state index in [9.17, 15) is 9.59 Å². The van der Waals surface area contributed by atoms with Crippen LogP contribution in [0.5, 0.6) is 0 Å². The smallest absolute Gasteiger partial charge is 0.305 e. The summed E-state index contributed by atoms with van der Waals surface area (Å²) in [6.07, 6.45) is 23.4. The lowest BCUT2D eigenvalue weighted by atomic mass is 10.0. The Balaban J connectivity index is 3.09. The minimum absolute atomic E-state index is 0.0676. The lowest BCUT2D eigenvalue weighted by Crippen LogP contribution is -2.15. The van der Waals surface area contributed by atoms with E-state index < -0.39 is 5.97 Å². The largest absolute Gasteiger partial charge is 0.481 e. The summed E-state index contributed by atoms with van der Waals surface area (Å²) in [4.78, 5) is 21.9. The number of carbonyl (C=O) groups excluding carboxylic acids is 1. The van der Waals surface area contributed by atoms with Crippen molar-refractivity contribution in [3.8, 4) is 0 Å². The van der Waals surface area contributed by atoms with Gasteiger partial charge in [0.25, 0.3) is 0 Å². The van der Waals surface area contributed by atoms with Gasteiger partial charge in [-0.25, -0.2) is 0 Å². The van der Waals surface area contributed by atoms with Gasteiger partial charge in [0.2, 0.25) is 0 Å². The van der Waals surface area contributed by atoms with Crippen LogP contribution in [0.3, 0.4) is 0 Å². The van der Waals surface area contributed by atoms with E-state index in [0.717, 1.165) is 13.0 Å². The third-order valence-corrected chi connectivity index (χ3v) is 7.89. The van der Waals surface area contributed by atoms with Gasteiger partial charge in [-0.05, 0) is 19.3 Å². The molecule has 0 fully saturated rings. The van der Waals surface area contributed by atoms with Gasteiger partial charge in [-0.2, -0.15) is 0 Å². The zero-order valence-electron chi connectivity index (χ0n) is 31.3. The van der Waals surface area contributed by atoms with E-state index in [0.29, 0.717) is 98.7 Å². The molecule has 0 aromatic rings. The van der Waals surface area contributed by atoms with Crippen molar-refractivity contribution >= 4 is 11.9 Å². The summed E-state index contributed by atoms with van der Waals surface area (Å²) in [5.74, 6) is -1.19. The van der Waals surface area contributed by atoms with Crippen LogP contribution in [-0.2, 0) is 47.5 Å². The molecule has 0 atom stereocenters.